The van der Waals surface area contributed by atoms with Crippen LogP contribution in [0.25, 0.3) is 0 Å². The number of hydrogen-bond donors (Lipinski definition) is 0. The molecule has 3 aromatic carbocycles. The molecule has 0 amide bonds. The molecule has 3 rings (SSSR count). The fraction of sp³-hybridized carbons (Fsp3) is 0.250. The molecule has 0 aliphatic heterocycles. The molecule has 0 atom stereocenters. The standard InChI is InChI=1S/C24H23F4NO4S/c1-32-22-11-8-17(14-23(22)33-2)12-13-29(16-18-6-9-20(25)10-7-18)34(30,31)21-5-3-4-19(15-21)24(26,27)28/h3-11,14-15H,12-13,16H2,1-2H3. The molecule has 0 saturated carbocycles. The number of ether oxygens (including phenoxy) is 2. The predicted octanol–water partition coefficient (Wildman–Crippen LogP) is 5.30. The summed E-state index contributed by atoms with van der Waals surface area (Å²) in [4.78, 5) is -0.475. The van der Waals surface area contributed by atoms with Gasteiger partial charge in [-0.3, -0.25) is 0 Å². The van der Waals surface area contributed by atoms with Crippen LogP contribution in [0.2, 0.25) is 0 Å². The molecule has 0 bridgehead atoms. The lowest BCUT2D eigenvalue weighted by molar-refractivity contribution is -0.137. The minimum absolute atomic E-state index is 0.0363. The summed E-state index contributed by atoms with van der Waals surface area (Å²) < 4.78 is 91.1. The number of hydrogen-bond acceptors (Lipinski definition) is 4. The number of rotatable bonds is 9. The number of benzene rings is 3. The Morgan fingerprint density at radius 2 is 1.50 bits per heavy atom. The van der Waals surface area contributed by atoms with E-state index in [1.807, 2.05) is 0 Å². The van der Waals surface area contributed by atoms with Gasteiger partial charge in [-0.15, -0.1) is 0 Å². The van der Waals surface area contributed by atoms with Gasteiger partial charge in [-0.2, -0.15) is 17.5 Å². The van der Waals surface area contributed by atoms with Gasteiger partial charge >= 0.3 is 6.18 Å². The normalized spacial score (nSPS) is 12.1. The van der Waals surface area contributed by atoms with E-state index in [-0.39, 0.29) is 19.5 Å². The van der Waals surface area contributed by atoms with Crippen molar-refractivity contribution in [2.75, 3.05) is 20.8 Å². The second kappa shape index (κ2) is 10.4. The Balaban J connectivity index is 1.94. The van der Waals surface area contributed by atoms with E-state index in [2.05, 4.69) is 0 Å². The number of halogens is 4. The lowest BCUT2D eigenvalue weighted by Gasteiger charge is -2.23. The van der Waals surface area contributed by atoms with Crippen LogP contribution in [0.3, 0.4) is 0 Å². The maximum Gasteiger partial charge on any atom is 0.416 e. The number of nitrogens with zero attached hydrogens (tertiary/aromatic N) is 1. The zero-order valence-electron chi connectivity index (χ0n) is 18.5. The van der Waals surface area contributed by atoms with E-state index in [0.29, 0.717) is 23.1 Å². The molecule has 0 N–H and O–H groups in total. The first-order chi connectivity index (χ1) is 16.0. The van der Waals surface area contributed by atoms with Gasteiger partial charge in [-0.25, -0.2) is 12.8 Å². The van der Waals surface area contributed by atoms with E-state index in [4.69, 9.17) is 9.47 Å². The van der Waals surface area contributed by atoms with Gasteiger partial charge in [-0.1, -0.05) is 24.3 Å². The monoisotopic (exact) mass is 497 g/mol. The van der Waals surface area contributed by atoms with E-state index < -0.39 is 32.5 Å². The van der Waals surface area contributed by atoms with Crippen molar-refractivity contribution in [3.63, 3.8) is 0 Å². The molecule has 0 unspecified atom stereocenters. The summed E-state index contributed by atoms with van der Waals surface area (Å²) in [5, 5.41) is 0. The summed E-state index contributed by atoms with van der Waals surface area (Å²) in [7, 11) is -1.34. The van der Waals surface area contributed by atoms with Gasteiger partial charge < -0.3 is 9.47 Å². The van der Waals surface area contributed by atoms with Gasteiger partial charge in [-0.05, 0) is 60.0 Å². The van der Waals surface area contributed by atoms with Crippen LogP contribution < -0.4 is 9.47 Å². The molecule has 0 radical (unpaired) electrons. The molecule has 0 saturated heterocycles. The SMILES string of the molecule is COc1ccc(CCN(Cc2ccc(F)cc2)S(=O)(=O)c2cccc(C(F)(F)F)c2)cc1OC. The van der Waals surface area contributed by atoms with Gasteiger partial charge in [0.25, 0.3) is 0 Å². The third kappa shape index (κ3) is 6.06. The van der Waals surface area contributed by atoms with Crippen molar-refractivity contribution in [2.24, 2.45) is 0 Å². The Bertz CT molecular complexity index is 1230. The van der Waals surface area contributed by atoms with Crippen molar-refractivity contribution >= 4 is 10.0 Å². The van der Waals surface area contributed by atoms with Crippen LogP contribution in [0.4, 0.5) is 17.6 Å². The molecule has 182 valence electrons. The molecular weight excluding hydrogens is 474 g/mol. The van der Waals surface area contributed by atoms with E-state index in [9.17, 15) is 26.0 Å². The van der Waals surface area contributed by atoms with E-state index in [1.165, 1.54) is 38.5 Å². The van der Waals surface area contributed by atoms with Crippen LogP contribution in [0.1, 0.15) is 16.7 Å². The summed E-state index contributed by atoms with van der Waals surface area (Å²) in [5.74, 6) is 0.484. The molecule has 0 spiro atoms. The molecule has 5 nitrogen and oxygen atoms in total. The number of methoxy groups -OCH3 is 2. The summed E-state index contributed by atoms with van der Waals surface area (Å²) in [6.45, 7) is -0.183. The van der Waals surface area contributed by atoms with Crippen LogP contribution in [0.15, 0.2) is 71.6 Å². The molecule has 3 aromatic rings. The highest BCUT2D eigenvalue weighted by Crippen LogP contribution is 2.32. The van der Waals surface area contributed by atoms with Crippen LogP contribution >= 0.6 is 0 Å². The highest BCUT2D eigenvalue weighted by molar-refractivity contribution is 7.89. The average Bonchev–Trinajstić information content (AvgIpc) is 2.82. The molecule has 0 heterocycles. The first-order valence-electron chi connectivity index (χ1n) is 10.2. The van der Waals surface area contributed by atoms with Crippen LogP contribution in [0, 0.1) is 5.82 Å². The van der Waals surface area contributed by atoms with Gasteiger partial charge in [0.2, 0.25) is 10.0 Å². The third-order valence-corrected chi connectivity index (χ3v) is 7.01. The van der Waals surface area contributed by atoms with Crippen LogP contribution in [-0.4, -0.2) is 33.5 Å². The molecule has 34 heavy (non-hydrogen) atoms. The molecule has 10 heteroatoms. The van der Waals surface area contributed by atoms with Gasteiger partial charge in [0, 0.05) is 13.1 Å². The summed E-state index contributed by atoms with van der Waals surface area (Å²) >= 11 is 0. The molecule has 0 aromatic heterocycles. The number of sulfonamides is 1. The predicted molar refractivity (Wildman–Crippen MR) is 119 cm³/mol. The zero-order chi connectivity index (χ0) is 24.9. The fourth-order valence-electron chi connectivity index (χ4n) is 3.35. The average molecular weight is 498 g/mol. The number of alkyl halides is 3. The van der Waals surface area contributed by atoms with E-state index in [0.717, 1.165) is 28.1 Å². The van der Waals surface area contributed by atoms with Crippen molar-refractivity contribution in [3.8, 4) is 11.5 Å². The first kappa shape index (κ1) is 25.5. The van der Waals surface area contributed by atoms with Gasteiger partial charge in [0.1, 0.15) is 5.82 Å². The van der Waals surface area contributed by atoms with E-state index >= 15 is 0 Å². The first-order valence-corrected chi connectivity index (χ1v) is 11.6. The molecular formula is C24H23F4NO4S. The summed E-state index contributed by atoms with van der Waals surface area (Å²) in [6, 6.07) is 14.0. The van der Waals surface area contributed by atoms with Crippen molar-refractivity contribution in [1.29, 1.82) is 0 Å². The van der Waals surface area contributed by atoms with Crippen molar-refractivity contribution < 1.29 is 35.5 Å². The second-order valence-electron chi connectivity index (χ2n) is 7.43. The second-order valence-corrected chi connectivity index (χ2v) is 9.37. The maximum atomic E-state index is 13.4. The minimum Gasteiger partial charge on any atom is -0.493 e. The van der Waals surface area contributed by atoms with Crippen molar-refractivity contribution in [1.82, 2.24) is 4.31 Å². The maximum absolute atomic E-state index is 13.4. The lowest BCUT2D eigenvalue weighted by Crippen LogP contribution is -2.32. The zero-order valence-corrected chi connectivity index (χ0v) is 19.3. The Hall–Kier alpha value is -3.11. The summed E-state index contributed by atoms with van der Waals surface area (Å²) in [5.41, 5.74) is 0.167. The lowest BCUT2D eigenvalue weighted by atomic mass is 10.1. The highest BCUT2D eigenvalue weighted by Gasteiger charge is 2.33. The Kier molecular flexibility index (Phi) is 7.83. The van der Waals surface area contributed by atoms with Crippen molar-refractivity contribution in [2.45, 2.75) is 24.0 Å². The largest absolute Gasteiger partial charge is 0.493 e. The van der Waals surface area contributed by atoms with Gasteiger partial charge in [0.05, 0.1) is 24.7 Å². The molecule has 0 aliphatic rings. The van der Waals surface area contributed by atoms with Crippen LogP contribution in [0.5, 0.6) is 11.5 Å². The Morgan fingerprint density at radius 3 is 2.12 bits per heavy atom. The Labute approximate surface area is 195 Å². The summed E-state index contributed by atoms with van der Waals surface area (Å²) in [6.07, 6.45) is -4.44. The molecule has 0 aliphatic carbocycles. The van der Waals surface area contributed by atoms with Crippen molar-refractivity contribution in [3.05, 3.63) is 89.2 Å². The smallest absolute Gasteiger partial charge is 0.416 e. The molecule has 0 fully saturated rings. The quantitative estimate of drug-likeness (QED) is 0.377. The van der Waals surface area contributed by atoms with Gasteiger partial charge in [0.15, 0.2) is 11.5 Å². The minimum atomic E-state index is -4.69. The Morgan fingerprint density at radius 1 is 0.853 bits per heavy atom. The highest BCUT2D eigenvalue weighted by atomic mass is 32.2. The van der Waals surface area contributed by atoms with Crippen LogP contribution in [-0.2, 0) is 29.2 Å². The topological polar surface area (TPSA) is 55.8 Å². The fourth-order valence-corrected chi connectivity index (χ4v) is 4.82. The van der Waals surface area contributed by atoms with E-state index in [1.54, 1.807) is 18.2 Å². The third-order valence-electron chi connectivity index (χ3n) is 5.17.